The number of hydrogen-bond acceptors (Lipinski definition) is 4. The summed E-state index contributed by atoms with van der Waals surface area (Å²) in [6.07, 6.45) is 0. The molecule has 1 heterocycles. The number of ether oxygens (including phenoxy) is 1. The smallest absolute Gasteiger partial charge is 0.165 e. The SMILES string of the molecule is COc1cc(Nc2cc(C)nc(C)c2C#N)ccc1F. The second-order valence-electron chi connectivity index (χ2n) is 4.36. The molecule has 0 amide bonds. The van der Waals surface area contributed by atoms with Crippen LogP contribution < -0.4 is 10.1 Å². The quantitative estimate of drug-likeness (QED) is 0.928. The monoisotopic (exact) mass is 271 g/mol. The van der Waals surface area contributed by atoms with Crippen molar-refractivity contribution in [2.24, 2.45) is 0 Å². The largest absolute Gasteiger partial charge is 0.494 e. The number of nitrogens with one attached hydrogen (secondary N) is 1. The fraction of sp³-hybridized carbons (Fsp3) is 0.200. The number of aryl methyl sites for hydroxylation is 2. The third-order valence-corrected chi connectivity index (χ3v) is 2.87. The van der Waals surface area contributed by atoms with Crippen molar-refractivity contribution in [3.05, 3.63) is 47.0 Å². The Kier molecular flexibility index (Phi) is 3.85. The van der Waals surface area contributed by atoms with Gasteiger partial charge in [-0.25, -0.2) is 4.39 Å². The first-order valence-corrected chi connectivity index (χ1v) is 6.04. The van der Waals surface area contributed by atoms with Gasteiger partial charge in [0, 0.05) is 17.4 Å². The molecule has 2 rings (SSSR count). The van der Waals surface area contributed by atoms with Crippen LogP contribution in [0.15, 0.2) is 24.3 Å². The van der Waals surface area contributed by atoms with Crippen LogP contribution in [0.5, 0.6) is 5.75 Å². The fourth-order valence-electron chi connectivity index (χ4n) is 1.96. The van der Waals surface area contributed by atoms with Gasteiger partial charge in [0.25, 0.3) is 0 Å². The van der Waals surface area contributed by atoms with E-state index in [4.69, 9.17) is 4.74 Å². The minimum absolute atomic E-state index is 0.149. The summed E-state index contributed by atoms with van der Waals surface area (Å²) in [5.74, 6) is -0.281. The Balaban J connectivity index is 2.42. The minimum atomic E-state index is -0.430. The van der Waals surface area contributed by atoms with E-state index < -0.39 is 5.82 Å². The van der Waals surface area contributed by atoms with E-state index in [1.54, 1.807) is 25.1 Å². The predicted molar refractivity (Wildman–Crippen MR) is 74.7 cm³/mol. The average molecular weight is 271 g/mol. The highest BCUT2D eigenvalue weighted by atomic mass is 19.1. The zero-order chi connectivity index (χ0) is 14.7. The van der Waals surface area contributed by atoms with Crippen LogP contribution in [0.2, 0.25) is 0 Å². The van der Waals surface area contributed by atoms with Crippen LogP contribution in [0.4, 0.5) is 15.8 Å². The molecule has 1 N–H and O–H groups in total. The third-order valence-electron chi connectivity index (χ3n) is 2.87. The molecule has 20 heavy (non-hydrogen) atoms. The van der Waals surface area contributed by atoms with Crippen molar-refractivity contribution in [3.63, 3.8) is 0 Å². The zero-order valence-electron chi connectivity index (χ0n) is 11.5. The molecule has 0 unspecified atom stereocenters. The van der Waals surface area contributed by atoms with E-state index in [-0.39, 0.29) is 5.75 Å². The van der Waals surface area contributed by atoms with E-state index in [0.29, 0.717) is 22.6 Å². The molecule has 0 radical (unpaired) electrons. The van der Waals surface area contributed by atoms with E-state index in [0.717, 1.165) is 5.69 Å². The molecule has 1 aromatic carbocycles. The third kappa shape index (κ3) is 2.69. The Bertz CT molecular complexity index is 692. The van der Waals surface area contributed by atoms with Crippen LogP contribution in [0, 0.1) is 31.0 Å². The van der Waals surface area contributed by atoms with Crippen LogP contribution in [0.25, 0.3) is 0 Å². The van der Waals surface area contributed by atoms with Gasteiger partial charge in [-0.15, -0.1) is 0 Å². The maximum absolute atomic E-state index is 13.4. The summed E-state index contributed by atoms with van der Waals surface area (Å²) < 4.78 is 18.3. The maximum Gasteiger partial charge on any atom is 0.165 e. The Hall–Kier alpha value is -2.61. The molecule has 1 aromatic heterocycles. The first-order valence-electron chi connectivity index (χ1n) is 6.04. The van der Waals surface area contributed by atoms with Crippen molar-refractivity contribution >= 4 is 11.4 Å². The van der Waals surface area contributed by atoms with Crippen molar-refractivity contribution in [1.82, 2.24) is 4.98 Å². The molecule has 0 aliphatic carbocycles. The molecule has 2 aromatic rings. The van der Waals surface area contributed by atoms with Gasteiger partial charge in [0.15, 0.2) is 11.6 Å². The summed E-state index contributed by atoms with van der Waals surface area (Å²) in [4.78, 5) is 4.25. The number of nitrogens with zero attached hydrogens (tertiary/aromatic N) is 2. The van der Waals surface area contributed by atoms with E-state index in [9.17, 15) is 9.65 Å². The second kappa shape index (κ2) is 5.57. The van der Waals surface area contributed by atoms with Gasteiger partial charge < -0.3 is 10.1 Å². The molecule has 4 nitrogen and oxygen atoms in total. The summed E-state index contributed by atoms with van der Waals surface area (Å²) in [5, 5.41) is 12.3. The Labute approximate surface area is 116 Å². The highest BCUT2D eigenvalue weighted by Crippen LogP contribution is 2.27. The molecular weight excluding hydrogens is 257 g/mol. The molecule has 0 bridgehead atoms. The lowest BCUT2D eigenvalue weighted by atomic mass is 10.1. The lowest BCUT2D eigenvalue weighted by Gasteiger charge is -2.12. The summed E-state index contributed by atoms with van der Waals surface area (Å²) in [6, 6.07) is 8.34. The minimum Gasteiger partial charge on any atom is -0.494 e. The van der Waals surface area contributed by atoms with E-state index in [1.165, 1.54) is 13.2 Å². The lowest BCUT2D eigenvalue weighted by molar-refractivity contribution is 0.387. The highest BCUT2D eigenvalue weighted by molar-refractivity contribution is 5.68. The lowest BCUT2D eigenvalue weighted by Crippen LogP contribution is -2.00. The molecule has 0 fully saturated rings. The number of hydrogen-bond donors (Lipinski definition) is 1. The Morgan fingerprint density at radius 3 is 2.70 bits per heavy atom. The summed E-state index contributed by atoms with van der Waals surface area (Å²) in [7, 11) is 1.41. The van der Waals surface area contributed by atoms with E-state index in [2.05, 4.69) is 16.4 Å². The normalized spacial score (nSPS) is 9.95. The molecule has 0 saturated heterocycles. The number of rotatable bonds is 3. The first kappa shape index (κ1) is 13.8. The van der Waals surface area contributed by atoms with Gasteiger partial charge in [0.05, 0.1) is 24.1 Å². The number of pyridine rings is 1. The molecule has 0 spiro atoms. The van der Waals surface area contributed by atoms with Gasteiger partial charge in [0.2, 0.25) is 0 Å². The molecular formula is C15H14FN3O. The van der Waals surface area contributed by atoms with Crippen molar-refractivity contribution in [2.75, 3.05) is 12.4 Å². The maximum atomic E-state index is 13.4. The van der Waals surface area contributed by atoms with Gasteiger partial charge in [-0.3, -0.25) is 4.98 Å². The predicted octanol–water partition coefficient (Wildman–Crippen LogP) is 3.46. The summed E-state index contributed by atoms with van der Waals surface area (Å²) in [6.45, 7) is 3.63. The van der Waals surface area contributed by atoms with Gasteiger partial charge in [-0.1, -0.05) is 0 Å². The van der Waals surface area contributed by atoms with Crippen molar-refractivity contribution in [1.29, 1.82) is 5.26 Å². The van der Waals surface area contributed by atoms with Crippen LogP contribution in [0.3, 0.4) is 0 Å². The molecule has 0 aliphatic rings. The number of halogens is 1. The first-order chi connectivity index (χ1) is 9.55. The average Bonchev–Trinajstić information content (AvgIpc) is 2.40. The summed E-state index contributed by atoms with van der Waals surface area (Å²) >= 11 is 0. The van der Waals surface area contributed by atoms with Crippen molar-refractivity contribution in [3.8, 4) is 11.8 Å². The number of anilines is 2. The standard InChI is InChI=1S/C15H14FN3O/c1-9-6-14(12(8-17)10(2)18-9)19-11-4-5-13(16)15(7-11)20-3/h4-7H,1-3H3,(H,18,19). The Morgan fingerprint density at radius 1 is 1.30 bits per heavy atom. The van der Waals surface area contributed by atoms with Gasteiger partial charge in [-0.05, 0) is 32.0 Å². The molecule has 0 saturated carbocycles. The van der Waals surface area contributed by atoms with E-state index in [1.807, 2.05) is 6.92 Å². The topological polar surface area (TPSA) is 57.9 Å². The highest BCUT2D eigenvalue weighted by Gasteiger charge is 2.10. The van der Waals surface area contributed by atoms with Crippen LogP contribution in [-0.2, 0) is 0 Å². The van der Waals surface area contributed by atoms with Gasteiger partial charge in [0.1, 0.15) is 6.07 Å². The van der Waals surface area contributed by atoms with Crippen LogP contribution in [0.1, 0.15) is 17.0 Å². The van der Waals surface area contributed by atoms with Gasteiger partial charge in [-0.2, -0.15) is 5.26 Å². The van der Waals surface area contributed by atoms with Gasteiger partial charge >= 0.3 is 0 Å². The fourth-order valence-corrected chi connectivity index (χ4v) is 1.96. The Morgan fingerprint density at radius 2 is 2.05 bits per heavy atom. The molecule has 0 atom stereocenters. The number of nitriles is 1. The molecule has 102 valence electrons. The van der Waals surface area contributed by atoms with Crippen molar-refractivity contribution in [2.45, 2.75) is 13.8 Å². The number of methoxy groups -OCH3 is 1. The van der Waals surface area contributed by atoms with Crippen molar-refractivity contribution < 1.29 is 9.13 Å². The number of aromatic nitrogens is 1. The second-order valence-corrected chi connectivity index (χ2v) is 4.36. The molecule has 5 heteroatoms. The molecule has 0 aliphatic heterocycles. The summed E-state index contributed by atoms with van der Waals surface area (Å²) in [5.41, 5.74) is 3.22. The van der Waals surface area contributed by atoms with E-state index >= 15 is 0 Å². The zero-order valence-corrected chi connectivity index (χ0v) is 11.5. The van der Waals surface area contributed by atoms with Crippen LogP contribution in [-0.4, -0.2) is 12.1 Å². The van der Waals surface area contributed by atoms with Crippen LogP contribution >= 0.6 is 0 Å². The number of benzene rings is 1.